The molecule has 1 aromatic heterocycles. The quantitative estimate of drug-likeness (QED) is 0.478. The van der Waals surface area contributed by atoms with E-state index in [1.165, 1.54) is 30.3 Å². The Kier molecular flexibility index (Phi) is 4.95. The van der Waals surface area contributed by atoms with Gasteiger partial charge in [-0.15, -0.1) is 5.10 Å². The van der Waals surface area contributed by atoms with Crippen LogP contribution in [0.15, 0.2) is 42.5 Å². The molecule has 0 fully saturated rings. The van der Waals surface area contributed by atoms with Crippen LogP contribution in [0.25, 0.3) is 5.69 Å². The zero-order chi connectivity index (χ0) is 19.6. The average molecular weight is 400 g/mol. The van der Waals surface area contributed by atoms with Crippen molar-refractivity contribution in [2.75, 3.05) is 0 Å². The third-order valence-corrected chi connectivity index (χ3v) is 3.66. The first-order chi connectivity index (χ1) is 12.8. The maximum Gasteiger partial charge on any atom is 0.418 e. The Morgan fingerprint density at radius 3 is 2.70 bits per heavy atom. The van der Waals surface area contributed by atoms with Crippen molar-refractivity contribution >= 4 is 17.3 Å². The van der Waals surface area contributed by atoms with Crippen LogP contribution in [-0.4, -0.2) is 25.1 Å². The van der Waals surface area contributed by atoms with Crippen molar-refractivity contribution < 1.29 is 22.8 Å². The second kappa shape index (κ2) is 7.19. The van der Waals surface area contributed by atoms with Crippen LogP contribution in [0.4, 0.5) is 18.9 Å². The number of nitro groups is 1. The van der Waals surface area contributed by atoms with E-state index in [2.05, 4.69) is 15.5 Å². The van der Waals surface area contributed by atoms with Gasteiger partial charge >= 0.3 is 6.18 Å². The molecule has 0 bridgehead atoms. The number of non-ortho nitro benzene ring substituents is 1. The molecule has 8 nitrogen and oxygen atoms in total. The van der Waals surface area contributed by atoms with Crippen molar-refractivity contribution in [2.24, 2.45) is 0 Å². The zero-order valence-electron chi connectivity index (χ0n) is 13.2. The minimum Gasteiger partial charge on any atom is -0.485 e. The number of aromatic nitrogens is 4. The predicted octanol–water partition coefficient (Wildman–Crippen LogP) is 3.82. The highest BCUT2D eigenvalue weighted by Crippen LogP contribution is 2.35. The maximum absolute atomic E-state index is 13.3. The normalized spacial score (nSPS) is 11.4. The van der Waals surface area contributed by atoms with E-state index in [9.17, 15) is 23.3 Å². The number of nitrogens with zero attached hydrogens (tertiary/aromatic N) is 5. The van der Waals surface area contributed by atoms with Crippen LogP contribution in [-0.2, 0) is 12.8 Å². The van der Waals surface area contributed by atoms with Gasteiger partial charge in [0.15, 0.2) is 5.82 Å². The van der Waals surface area contributed by atoms with Crippen molar-refractivity contribution in [2.45, 2.75) is 12.8 Å². The van der Waals surface area contributed by atoms with Gasteiger partial charge in [0, 0.05) is 11.1 Å². The van der Waals surface area contributed by atoms with Gasteiger partial charge in [0.05, 0.1) is 22.2 Å². The number of halogens is 4. The molecular formula is C15H9ClF3N5O3. The third-order valence-electron chi connectivity index (χ3n) is 3.42. The van der Waals surface area contributed by atoms with Crippen molar-refractivity contribution in [1.82, 2.24) is 20.2 Å². The third kappa shape index (κ3) is 4.14. The van der Waals surface area contributed by atoms with E-state index in [1.54, 1.807) is 0 Å². The van der Waals surface area contributed by atoms with E-state index in [0.29, 0.717) is 0 Å². The molecular weight excluding hydrogens is 391 g/mol. The lowest BCUT2D eigenvalue weighted by Crippen LogP contribution is -2.14. The van der Waals surface area contributed by atoms with Gasteiger partial charge in [-0.1, -0.05) is 17.7 Å². The smallest absolute Gasteiger partial charge is 0.418 e. The minimum absolute atomic E-state index is 0.0330. The van der Waals surface area contributed by atoms with Crippen LogP contribution in [0.3, 0.4) is 0 Å². The highest BCUT2D eigenvalue weighted by atomic mass is 35.5. The molecule has 1 heterocycles. The van der Waals surface area contributed by atoms with Crippen LogP contribution in [0.5, 0.6) is 5.75 Å². The molecule has 12 heteroatoms. The number of ether oxygens (including phenoxy) is 1. The Labute approximate surface area is 154 Å². The van der Waals surface area contributed by atoms with Crippen molar-refractivity contribution in [3.8, 4) is 11.4 Å². The molecule has 140 valence electrons. The Morgan fingerprint density at radius 1 is 1.22 bits per heavy atom. The Hall–Kier alpha value is -3.21. The van der Waals surface area contributed by atoms with E-state index in [1.807, 2.05) is 0 Å². The van der Waals surface area contributed by atoms with E-state index < -0.39 is 16.7 Å². The van der Waals surface area contributed by atoms with Gasteiger partial charge in [0.2, 0.25) is 0 Å². The van der Waals surface area contributed by atoms with Crippen molar-refractivity contribution in [3.63, 3.8) is 0 Å². The van der Waals surface area contributed by atoms with E-state index in [4.69, 9.17) is 16.3 Å². The molecule has 0 unspecified atom stereocenters. The first kappa shape index (κ1) is 18.6. The number of alkyl halides is 3. The van der Waals surface area contributed by atoms with Gasteiger partial charge in [0.25, 0.3) is 5.69 Å². The largest absolute Gasteiger partial charge is 0.485 e. The van der Waals surface area contributed by atoms with Crippen molar-refractivity contribution in [1.29, 1.82) is 0 Å². The zero-order valence-corrected chi connectivity index (χ0v) is 14.0. The van der Waals surface area contributed by atoms with Crippen LogP contribution in [0, 0.1) is 10.1 Å². The number of rotatable bonds is 5. The first-order valence-electron chi connectivity index (χ1n) is 7.27. The van der Waals surface area contributed by atoms with Gasteiger partial charge in [-0.2, -0.15) is 17.9 Å². The van der Waals surface area contributed by atoms with Gasteiger partial charge in [-0.3, -0.25) is 10.1 Å². The van der Waals surface area contributed by atoms with Gasteiger partial charge < -0.3 is 4.74 Å². The molecule has 0 aliphatic carbocycles. The second-order valence-corrected chi connectivity index (χ2v) is 5.65. The Morgan fingerprint density at radius 2 is 2.00 bits per heavy atom. The van der Waals surface area contributed by atoms with Gasteiger partial charge in [-0.05, 0) is 34.7 Å². The fourth-order valence-corrected chi connectivity index (χ4v) is 2.41. The van der Waals surface area contributed by atoms with Crippen LogP contribution in [0.2, 0.25) is 5.02 Å². The summed E-state index contributed by atoms with van der Waals surface area (Å²) in [5, 5.41) is 21.3. The lowest BCUT2D eigenvalue weighted by Gasteiger charge is -2.14. The molecule has 0 aliphatic rings. The molecule has 0 saturated carbocycles. The molecule has 0 N–H and O–H groups in total. The summed E-state index contributed by atoms with van der Waals surface area (Å²) in [5.74, 6) is 0.111. The summed E-state index contributed by atoms with van der Waals surface area (Å²) in [6, 6.07) is 8.51. The van der Waals surface area contributed by atoms with Crippen molar-refractivity contribution in [3.05, 3.63) is 69.0 Å². The van der Waals surface area contributed by atoms with E-state index >= 15 is 0 Å². The number of hydrogen-bond donors (Lipinski definition) is 0. The fourth-order valence-electron chi connectivity index (χ4n) is 2.24. The minimum atomic E-state index is -4.68. The maximum atomic E-state index is 13.3. The lowest BCUT2D eigenvalue weighted by atomic mass is 10.1. The summed E-state index contributed by atoms with van der Waals surface area (Å²) in [6.07, 6.45) is -4.68. The summed E-state index contributed by atoms with van der Waals surface area (Å²) in [5.41, 5.74) is -1.53. The number of benzene rings is 2. The molecule has 0 amide bonds. The Balaban J connectivity index is 1.90. The van der Waals surface area contributed by atoms with Crippen LogP contribution < -0.4 is 4.74 Å². The highest BCUT2D eigenvalue weighted by molar-refractivity contribution is 6.30. The van der Waals surface area contributed by atoms with Gasteiger partial charge in [0.1, 0.15) is 12.4 Å². The fraction of sp³-hybridized carbons (Fsp3) is 0.133. The molecule has 0 spiro atoms. The molecule has 3 rings (SSSR count). The second-order valence-electron chi connectivity index (χ2n) is 5.21. The lowest BCUT2D eigenvalue weighted by molar-refractivity contribution is -0.384. The standard InChI is InChI=1S/C15H9ClF3N5O3/c16-9-4-5-13(12(6-9)15(17,18)19)23-14(20-21-22-23)8-27-11-3-1-2-10(7-11)24(25)26/h1-7H,8H2. The first-order valence-corrected chi connectivity index (χ1v) is 7.65. The Bertz CT molecular complexity index is 993. The number of hydrogen-bond acceptors (Lipinski definition) is 6. The summed E-state index contributed by atoms with van der Waals surface area (Å²) in [6.45, 7) is -0.311. The molecule has 0 atom stereocenters. The topological polar surface area (TPSA) is 96.0 Å². The predicted molar refractivity (Wildman–Crippen MR) is 86.6 cm³/mol. The van der Waals surface area contributed by atoms with Gasteiger partial charge in [-0.25, -0.2) is 0 Å². The van der Waals surface area contributed by atoms with E-state index in [-0.39, 0.29) is 34.6 Å². The van der Waals surface area contributed by atoms with E-state index in [0.717, 1.165) is 16.8 Å². The molecule has 3 aromatic rings. The summed E-state index contributed by atoms with van der Waals surface area (Å²) < 4.78 is 46.1. The summed E-state index contributed by atoms with van der Waals surface area (Å²) in [7, 11) is 0. The average Bonchev–Trinajstić information content (AvgIpc) is 3.08. The summed E-state index contributed by atoms with van der Waals surface area (Å²) in [4.78, 5) is 10.2. The SMILES string of the molecule is O=[N+]([O-])c1cccc(OCc2nnnn2-c2ccc(Cl)cc2C(F)(F)F)c1. The molecule has 0 aliphatic heterocycles. The molecule has 0 radical (unpaired) electrons. The number of tetrazole rings is 1. The van der Waals surface area contributed by atoms with Crippen LogP contribution in [0.1, 0.15) is 11.4 Å². The molecule has 2 aromatic carbocycles. The summed E-state index contributed by atoms with van der Waals surface area (Å²) >= 11 is 5.66. The molecule has 27 heavy (non-hydrogen) atoms. The highest BCUT2D eigenvalue weighted by Gasteiger charge is 2.35. The van der Waals surface area contributed by atoms with Crippen LogP contribution >= 0.6 is 11.6 Å². The number of nitro benzene ring substituents is 1. The monoisotopic (exact) mass is 399 g/mol. The molecule has 0 saturated heterocycles.